The first kappa shape index (κ1) is 18.3. The van der Waals surface area contributed by atoms with Gasteiger partial charge in [-0.25, -0.2) is 0 Å². The molecule has 0 bridgehead atoms. The molecule has 1 amide bonds. The summed E-state index contributed by atoms with van der Waals surface area (Å²) in [5.74, 6) is -1.90. The number of carbonyl (C=O) groups is 2. The lowest BCUT2D eigenvalue weighted by Crippen LogP contribution is -2.52. The minimum absolute atomic E-state index is 0.187. The standard InChI is InChI=1S/C19H18Cl2N2O4/c20-12-6-11(7-13(21)9-12)16-15-2-1-5-19(15,27-23-16)18(26)22-14-4-3-10(8-14)17(24)25/h3-4,6-7,9-10,14-15H,1-2,5,8H2,(H,22,26)(H,24,25)/t10-,14+,15?,19?/m1/s1. The fraction of sp³-hybridized carbons (Fsp3) is 0.421. The van der Waals surface area contributed by atoms with E-state index in [9.17, 15) is 9.59 Å². The van der Waals surface area contributed by atoms with Crippen molar-refractivity contribution >= 4 is 40.8 Å². The first-order valence-electron chi connectivity index (χ1n) is 8.84. The van der Waals surface area contributed by atoms with Gasteiger partial charge in [0.05, 0.1) is 17.5 Å². The second-order valence-electron chi connectivity index (χ2n) is 7.21. The normalized spacial score (nSPS) is 31.3. The number of halogens is 2. The summed E-state index contributed by atoms with van der Waals surface area (Å²) in [7, 11) is 0. The highest BCUT2D eigenvalue weighted by molar-refractivity contribution is 6.35. The van der Waals surface area contributed by atoms with Gasteiger partial charge in [-0.05, 0) is 43.9 Å². The zero-order chi connectivity index (χ0) is 19.2. The number of hydrogen-bond donors (Lipinski definition) is 2. The Morgan fingerprint density at radius 3 is 2.63 bits per heavy atom. The van der Waals surface area contributed by atoms with Crippen LogP contribution in [0.2, 0.25) is 10.0 Å². The fourth-order valence-electron chi connectivity index (χ4n) is 4.19. The Kier molecular flexibility index (Phi) is 4.64. The van der Waals surface area contributed by atoms with E-state index in [2.05, 4.69) is 10.5 Å². The summed E-state index contributed by atoms with van der Waals surface area (Å²) in [5, 5.41) is 17.2. The van der Waals surface area contributed by atoms with Gasteiger partial charge < -0.3 is 15.3 Å². The smallest absolute Gasteiger partial charge is 0.310 e. The maximum absolute atomic E-state index is 13.0. The average molecular weight is 409 g/mol. The van der Waals surface area contributed by atoms with Gasteiger partial charge in [0.25, 0.3) is 5.91 Å². The average Bonchev–Trinajstić information content (AvgIpc) is 3.28. The van der Waals surface area contributed by atoms with Gasteiger partial charge in [-0.3, -0.25) is 9.59 Å². The van der Waals surface area contributed by atoms with Crippen molar-refractivity contribution in [3.8, 4) is 0 Å². The van der Waals surface area contributed by atoms with Crippen molar-refractivity contribution in [2.24, 2.45) is 17.0 Å². The van der Waals surface area contributed by atoms with Crippen LogP contribution in [0.3, 0.4) is 0 Å². The fourth-order valence-corrected chi connectivity index (χ4v) is 4.71. The van der Waals surface area contributed by atoms with E-state index in [1.54, 1.807) is 30.4 Å². The van der Waals surface area contributed by atoms with Crippen molar-refractivity contribution in [3.05, 3.63) is 46.0 Å². The predicted molar refractivity (Wildman–Crippen MR) is 101 cm³/mol. The van der Waals surface area contributed by atoms with Crippen LogP contribution in [0.1, 0.15) is 31.2 Å². The van der Waals surface area contributed by atoms with Crippen molar-refractivity contribution in [2.45, 2.75) is 37.3 Å². The van der Waals surface area contributed by atoms with E-state index in [-0.39, 0.29) is 17.9 Å². The summed E-state index contributed by atoms with van der Waals surface area (Å²) in [4.78, 5) is 29.9. The molecule has 0 aromatic heterocycles. The molecular formula is C19H18Cl2N2O4. The lowest BCUT2D eigenvalue weighted by Gasteiger charge is -2.27. The molecule has 2 aliphatic carbocycles. The van der Waals surface area contributed by atoms with E-state index in [0.29, 0.717) is 28.6 Å². The first-order valence-corrected chi connectivity index (χ1v) is 9.59. The molecule has 1 fully saturated rings. The van der Waals surface area contributed by atoms with Gasteiger partial charge in [-0.2, -0.15) is 0 Å². The van der Waals surface area contributed by atoms with E-state index in [1.807, 2.05) is 0 Å². The van der Waals surface area contributed by atoms with E-state index in [0.717, 1.165) is 18.4 Å². The number of carboxylic acid groups (broad SMARTS) is 1. The lowest BCUT2D eigenvalue weighted by molar-refractivity contribution is -0.147. The van der Waals surface area contributed by atoms with Crippen molar-refractivity contribution in [3.63, 3.8) is 0 Å². The van der Waals surface area contributed by atoms with Gasteiger partial charge >= 0.3 is 5.97 Å². The minimum Gasteiger partial charge on any atom is -0.481 e. The van der Waals surface area contributed by atoms with E-state index < -0.39 is 17.5 Å². The highest BCUT2D eigenvalue weighted by atomic mass is 35.5. The van der Waals surface area contributed by atoms with Crippen molar-refractivity contribution in [2.75, 3.05) is 0 Å². The van der Waals surface area contributed by atoms with Crippen LogP contribution in [0.25, 0.3) is 0 Å². The Labute approximate surface area is 166 Å². The summed E-state index contributed by atoms with van der Waals surface area (Å²) in [5.41, 5.74) is 0.373. The highest BCUT2D eigenvalue weighted by Crippen LogP contribution is 2.46. The molecule has 1 heterocycles. The summed E-state index contributed by atoms with van der Waals surface area (Å²) in [6.45, 7) is 0. The number of fused-ring (bicyclic) bond motifs is 1. The zero-order valence-electron chi connectivity index (χ0n) is 14.3. The molecule has 0 spiro atoms. The number of hydrogen-bond acceptors (Lipinski definition) is 4. The lowest BCUT2D eigenvalue weighted by atomic mass is 9.84. The van der Waals surface area contributed by atoms with E-state index in [1.165, 1.54) is 0 Å². The number of carboxylic acids is 1. The van der Waals surface area contributed by atoms with Gasteiger partial charge in [-0.15, -0.1) is 0 Å². The topological polar surface area (TPSA) is 88.0 Å². The first-order chi connectivity index (χ1) is 12.9. The summed E-state index contributed by atoms with van der Waals surface area (Å²) in [6, 6.07) is 4.85. The molecule has 3 aliphatic rings. The number of aliphatic carboxylic acids is 1. The molecular weight excluding hydrogens is 391 g/mol. The van der Waals surface area contributed by atoms with Crippen LogP contribution in [0.15, 0.2) is 35.5 Å². The van der Waals surface area contributed by atoms with Gasteiger partial charge in [0.1, 0.15) is 0 Å². The van der Waals surface area contributed by atoms with Crippen LogP contribution in [0.5, 0.6) is 0 Å². The Balaban J connectivity index is 1.53. The maximum atomic E-state index is 13.0. The molecule has 4 atom stereocenters. The third kappa shape index (κ3) is 3.21. The monoisotopic (exact) mass is 408 g/mol. The maximum Gasteiger partial charge on any atom is 0.310 e. The molecule has 1 aromatic carbocycles. The molecule has 1 saturated carbocycles. The molecule has 2 unspecified atom stereocenters. The molecule has 142 valence electrons. The molecule has 8 heteroatoms. The number of carbonyl (C=O) groups excluding carboxylic acids is 1. The number of benzene rings is 1. The molecule has 4 rings (SSSR count). The van der Waals surface area contributed by atoms with Crippen molar-refractivity contribution in [1.29, 1.82) is 0 Å². The van der Waals surface area contributed by atoms with E-state index >= 15 is 0 Å². The van der Waals surface area contributed by atoms with Crippen LogP contribution in [0.4, 0.5) is 0 Å². The molecule has 1 aromatic rings. The van der Waals surface area contributed by atoms with E-state index in [4.69, 9.17) is 33.1 Å². The van der Waals surface area contributed by atoms with Gasteiger partial charge in [0, 0.05) is 21.7 Å². The second kappa shape index (κ2) is 6.84. The number of amides is 1. The highest BCUT2D eigenvalue weighted by Gasteiger charge is 2.58. The Morgan fingerprint density at radius 1 is 1.22 bits per heavy atom. The summed E-state index contributed by atoms with van der Waals surface area (Å²) >= 11 is 12.2. The minimum atomic E-state index is -1.06. The van der Waals surface area contributed by atoms with Crippen LogP contribution in [-0.2, 0) is 14.4 Å². The summed E-state index contributed by atoms with van der Waals surface area (Å²) in [6.07, 6.45) is 5.86. The molecule has 0 radical (unpaired) electrons. The SMILES string of the molecule is O=C(O)[C@@H]1C=C[C@H](NC(=O)C23CCCC2C(c2cc(Cl)cc(Cl)c2)=NO3)C1. The predicted octanol–water partition coefficient (Wildman–Crippen LogP) is 3.41. The zero-order valence-corrected chi connectivity index (χ0v) is 15.8. The third-order valence-electron chi connectivity index (χ3n) is 5.50. The molecule has 1 aliphatic heterocycles. The largest absolute Gasteiger partial charge is 0.481 e. The quantitative estimate of drug-likeness (QED) is 0.747. The molecule has 0 saturated heterocycles. The van der Waals surface area contributed by atoms with Gasteiger partial charge in [-0.1, -0.05) is 40.5 Å². The Bertz CT molecular complexity index is 849. The molecule has 27 heavy (non-hydrogen) atoms. The van der Waals surface area contributed by atoms with Crippen LogP contribution in [-0.4, -0.2) is 34.3 Å². The Morgan fingerprint density at radius 2 is 1.96 bits per heavy atom. The van der Waals surface area contributed by atoms with Crippen molar-refractivity contribution < 1.29 is 19.5 Å². The van der Waals surface area contributed by atoms with Crippen LogP contribution >= 0.6 is 23.2 Å². The van der Waals surface area contributed by atoms with Gasteiger partial charge in [0.15, 0.2) is 0 Å². The Hall–Kier alpha value is -2.05. The second-order valence-corrected chi connectivity index (χ2v) is 8.08. The number of nitrogens with zero attached hydrogens (tertiary/aromatic N) is 1. The molecule has 6 nitrogen and oxygen atoms in total. The number of oxime groups is 1. The number of nitrogens with one attached hydrogen (secondary N) is 1. The van der Waals surface area contributed by atoms with Gasteiger partial charge in [0.2, 0.25) is 5.60 Å². The van der Waals surface area contributed by atoms with Crippen LogP contribution in [0, 0.1) is 11.8 Å². The number of rotatable bonds is 4. The van der Waals surface area contributed by atoms with Crippen molar-refractivity contribution in [1.82, 2.24) is 5.32 Å². The summed E-state index contributed by atoms with van der Waals surface area (Å²) < 4.78 is 0. The third-order valence-corrected chi connectivity index (χ3v) is 5.94. The molecule has 2 N–H and O–H groups in total. The van der Waals surface area contributed by atoms with Crippen LogP contribution < -0.4 is 5.32 Å².